The van der Waals surface area contributed by atoms with Crippen molar-refractivity contribution in [2.24, 2.45) is 0 Å². The number of nitrogens with zero attached hydrogens (tertiary/aromatic N) is 2. The van der Waals surface area contributed by atoms with Gasteiger partial charge in [-0.1, -0.05) is 43.1 Å². The van der Waals surface area contributed by atoms with Crippen LogP contribution in [0.4, 0.5) is 5.69 Å². The maximum absolute atomic E-state index is 12.6. The molecule has 1 aliphatic heterocycles. The molecule has 0 saturated carbocycles. The molecule has 1 saturated heterocycles. The van der Waals surface area contributed by atoms with Gasteiger partial charge in [-0.2, -0.15) is 0 Å². The molecule has 182 valence electrons. The highest BCUT2D eigenvalue weighted by Crippen LogP contribution is 2.29. The minimum absolute atomic E-state index is 0.0533. The molecule has 3 rings (SSSR count). The van der Waals surface area contributed by atoms with Crippen LogP contribution in [0, 0.1) is 0 Å². The topological polar surface area (TPSA) is 71.1 Å². The number of hydrogen-bond acceptors (Lipinski definition) is 5. The molecule has 7 nitrogen and oxygen atoms in total. The summed E-state index contributed by atoms with van der Waals surface area (Å²) in [6.07, 6.45) is 5.41. The molecule has 0 aliphatic carbocycles. The molecule has 2 aromatic carbocycles. The predicted octanol–water partition coefficient (Wildman–Crippen LogP) is 4.32. The minimum atomic E-state index is -0.121. The maximum atomic E-state index is 12.6. The number of methoxy groups -OCH3 is 1. The third-order valence-corrected chi connectivity index (χ3v) is 5.89. The first kappa shape index (κ1) is 25.6. The van der Waals surface area contributed by atoms with Crippen LogP contribution in [0.1, 0.15) is 25.3 Å². The van der Waals surface area contributed by atoms with Gasteiger partial charge in [-0.05, 0) is 42.3 Å². The van der Waals surface area contributed by atoms with Crippen molar-refractivity contribution in [3.63, 3.8) is 0 Å². The van der Waals surface area contributed by atoms with Crippen molar-refractivity contribution in [3.8, 4) is 11.5 Å². The fourth-order valence-corrected chi connectivity index (χ4v) is 3.77. The lowest BCUT2D eigenvalue weighted by atomic mass is 10.1. The molecule has 1 fully saturated rings. The average Bonchev–Trinajstić information content (AvgIpc) is 2.85. The molecule has 0 unspecified atom stereocenters. The van der Waals surface area contributed by atoms with E-state index in [2.05, 4.69) is 12.2 Å². The molecule has 2 amide bonds. The molecule has 1 aliphatic rings. The number of anilines is 1. The smallest absolute Gasteiger partial charge is 0.246 e. The summed E-state index contributed by atoms with van der Waals surface area (Å²) in [6, 6.07) is 12.8. The number of para-hydroxylation sites is 1. The number of rotatable bonds is 10. The van der Waals surface area contributed by atoms with Crippen LogP contribution in [0.2, 0.25) is 5.02 Å². The molecular weight excluding hydrogens is 454 g/mol. The number of halogens is 1. The number of benzene rings is 2. The van der Waals surface area contributed by atoms with Gasteiger partial charge in [-0.3, -0.25) is 14.5 Å². The summed E-state index contributed by atoms with van der Waals surface area (Å²) in [4.78, 5) is 28.8. The Morgan fingerprint density at radius 1 is 1.09 bits per heavy atom. The van der Waals surface area contributed by atoms with Gasteiger partial charge in [-0.25, -0.2) is 0 Å². The van der Waals surface area contributed by atoms with E-state index in [0.29, 0.717) is 55.0 Å². The lowest BCUT2D eigenvalue weighted by molar-refractivity contribution is -0.127. The highest BCUT2D eigenvalue weighted by atomic mass is 35.5. The zero-order valence-electron chi connectivity index (χ0n) is 19.8. The SMILES string of the molecule is CCCCOc1ccc(/C=C/C(=O)N2CCN(CC(=O)Nc3ccccc3Cl)CC2)cc1OC. The van der Waals surface area contributed by atoms with Gasteiger partial charge in [0.05, 0.1) is 31.0 Å². The summed E-state index contributed by atoms with van der Waals surface area (Å²) in [5, 5.41) is 3.34. The van der Waals surface area contributed by atoms with Gasteiger partial charge in [0.2, 0.25) is 11.8 Å². The largest absolute Gasteiger partial charge is 0.493 e. The van der Waals surface area contributed by atoms with Gasteiger partial charge < -0.3 is 19.7 Å². The number of nitrogens with one attached hydrogen (secondary N) is 1. The highest BCUT2D eigenvalue weighted by Gasteiger charge is 2.21. The van der Waals surface area contributed by atoms with Crippen molar-refractivity contribution in [1.82, 2.24) is 9.80 Å². The van der Waals surface area contributed by atoms with Crippen LogP contribution in [0.15, 0.2) is 48.5 Å². The zero-order valence-corrected chi connectivity index (χ0v) is 20.5. The van der Waals surface area contributed by atoms with E-state index in [9.17, 15) is 9.59 Å². The summed E-state index contributed by atoms with van der Waals surface area (Å²) in [7, 11) is 1.61. The van der Waals surface area contributed by atoms with Gasteiger partial charge in [0.25, 0.3) is 0 Å². The Morgan fingerprint density at radius 2 is 1.85 bits per heavy atom. The molecular formula is C26H32ClN3O4. The van der Waals surface area contributed by atoms with Crippen LogP contribution >= 0.6 is 11.6 Å². The van der Waals surface area contributed by atoms with E-state index in [1.165, 1.54) is 0 Å². The molecule has 0 spiro atoms. The molecule has 0 atom stereocenters. The van der Waals surface area contributed by atoms with Crippen LogP contribution < -0.4 is 14.8 Å². The first-order chi connectivity index (χ1) is 16.5. The number of hydrogen-bond donors (Lipinski definition) is 1. The van der Waals surface area contributed by atoms with Gasteiger partial charge in [0, 0.05) is 32.3 Å². The Kier molecular flexibility index (Phi) is 9.79. The van der Waals surface area contributed by atoms with Crippen molar-refractivity contribution in [2.45, 2.75) is 19.8 Å². The summed E-state index contributed by atoms with van der Waals surface area (Å²) in [5.74, 6) is 1.18. The maximum Gasteiger partial charge on any atom is 0.246 e. The first-order valence-electron chi connectivity index (χ1n) is 11.5. The Morgan fingerprint density at radius 3 is 2.56 bits per heavy atom. The van der Waals surface area contributed by atoms with Gasteiger partial charge in [0.1, 0.15) is 0 Å². The van der Waals surface area contributed by atoms with Crippen molar-refractivity contribution in [3.05, 3.63) is 59.1 Å². The second kappa shape index (κ2) is 13.0. The normalized spacial score (nSPS) is 14.3. The lowest BCUT2D eigenvalue weighted by Gasteiger charge is -2.33. The molecule has 1 heterocycles. The highest BCUT2D eigenvalue weighted by molar-refractivity contribution is 6.33. The quantitative estimate of drug-likeness (QED) is 0.401. The molecule has 2 aromatic rings. The van der Waals surface area contributed by atoms with Gasteiger partial charge in [0.15, 0.2) is 11.5 Å². The second-order valence-corrected chi connectivity index (χ2v) is 8.48. The van der Waals surface area contributed by atoms with Crippen molar-refractivity contribution >= 4 is 35.2 Å². The van der Waals surface area contributed by atoms with Crippen molar-refractivity contribution < 1.29 is 19.1 Å². The van der Waals surface area contributed by atoms with Gasteiger partial charge >= 0.3 is 0 Å². The van der Waals surface area contributed by atoms with E-state index in [4.69, 9.17) is 21.1 Å². The van der Waals surface area contributed by atoms with Crippen LogP contribution in [0.25, 0.3) is 6.08 Å². The number of ether oxygens (including phenoxy) is 2. The van der Waals surface area contributed by atoms with E-state index >= 15 is 0 Å². The number of piperazine rings is 1. The molecule has 0 bridgehead atoms. The predicted molar refractivity (Wildman–Crippen MR) is 136 cm³/mol. The lowest BCUT2D eigenvalue weighted by Crippen LogP contribution is -2.50. The summed E-state index contributed by atoms with van der Waals surface area (Å²) in [5.41, 5.74) is 1.47. The molecule has 34 heavy (non-hydrogen) atoms. The first-order valence-corrected chi connectivity index (χ1v) is 11.9. The fourth-order valence-electron chi connectivity index (χ4n) is 3.59. The minimum Gasteiger partial charge on any atom is -0.493 e. The standard InChI is InChI=1S/C26H32ClN3O4/c1-3-4-17-34-23-11-9-20(18-24(23)33-2)10-12-26(32)30-15-13-29(14-16-30)19-25(31)28-22-8-6-5-7-21(22)27/h5-12,18H,3-4,13-17,19H2,1-2H3,(H,28,31)/b12-10+. The van der Waals surface area contributed by atoms with Crippen molar-refractivity contribution in [1.29, 1.82) is 0 Å². The third kappa shape index (κ3) is 7.50. The van der Waals surface area contributed by atoms with Crippen LogP contribution in [0.5, 0.6) is 11.5 Å². The Hall–Kier alpha value is -3.03. The second-order valence-electron chi connectivity index (χ2n) is 8.08. The molecule has 0 radical (unpaired) electrons. The Labute approximate surface area is 206 Å². The monoisotopic (exact) mass is 485 g/mol. The van der Waals surface area contributed by atoms with E-state index in [-0.39, 0.29) is 18.4 Å². The van der Waals surface area contributed by atoms with Crippen LogP contribution in [0.3, 0.4) is 0 Å². The number of amides is 2. The van der Waals surface area contributed by atoms with Gasteiger partial charge in [-0.15, -0.1) is 0 Å². The fraction of sp³-hybridized carbons (Fsp3) is 0.385. The Bertz CT molecular complexity index is 1000. The zero-order chi connectivity index (χ0) is 24.3. The molecule has 1 N–H and O–H groups in total. The van der Waals surface area contributed by atoms with E-state index in [0.717, 1.165) is 18.4 Å². The van der Waals surface area contributed by atoms with Crippen LogP contribution in [-0.4, -0.2) is 68.1 Å². The number of carbonyl (C=O) groups is 2. The van der Waals surface area contributed by atoms with Crippen molar-refractivity contribution in [2.75, 3.05) is 51.8 Å². The van der Waals surface area contributed by atoms with E-state index in [1.807, 2.05) is 35.2 Å². The number of carbonyl (C=O) groups excluding carboxylic acids is 2. The average molecular weight is 486 g/mol. The molecule has 0 aromatic heterocycles. The summed E-state index contributed by atoms with van der Waals surface area (Å²) < 4.78 is 11.2. The Balaban J connectivity index is 1.47. The number of unbranched alkanes of at least 4 members (excludes halogenated alkanes) is 1. The van der Waals surface area contributed by atoms with E-state index in [1.54, 1.807) is 36.3 Å². The summed E-state index contributed by atoms with van der Waals surface area (Å²) in [6.45, 7) is 5.42. The molecule has 8 heteroatoms. The summed E-state index contributed by atoms with van der Waals surface area (Å²) >= 11 is 6.10. The van der Waals surface area contributed by atoms with E-state index < -0.39 is 0 Å². The van der Waals surface area contributed by atoms with Crippen LogP contribution in [-0.2, 0) is 9.59 Å². The third-order valence-electron chi connectivity index (χ3n) is 5.56.